The number of likely N-dealkylation sites (tertiary alicyclic amines) is 1. The zero-order chi connectivity index (χ0) is 20.6. The van der Waals surface area contributed by atoms with Crippen LogP contribution >= 0.6 is 0 Å². The van der Waals surface area contributed by atoms with Crippen molar-refractivity contribution in [3.8, 4) is 0 Å². The minimum atomic E-state index is -0.787. The first-order valence-corrected chi connectivity index (χ1v) is 11.0. The van der Waals surface area contributed by atoms with Crippen molar-refractivity contribution in [2.24, 2.45) is 11.8 Å². The number of hydrogen-bond acceptors (Lipinski definition) is 3. The summed E-state index contributed by atoms with van der Waals surface area (Å²) in [5, 5.41) is 21.3. The number of nitrogens with zero attached hydrogens (tertiary/aromatic N) is 1. The summed E-state index contributed by atoms with van der Waals surface area (Å²) in [5.74, 6) is 1.70. The Labute approximate surface area is 175 Å². The summed E-state index contributed by atoms with van der Waals surface area (Å²) >= 11 is 0. The standard InChI is InChI=1S/C26H35NO2/c1-19(21-9-11-24(12-10-21)25(2,3)28)16-27-17-22-14-26(29,15-23(22)18-27)13-20-7-5-4-6-8-20/h4-12,19,22-23,28-29H,13-18H2,1-3H3/t19?,22-,23+,26?. The molecule has 2 aliphatic rings. The molecule has 0 spiro atoms. The molecule has 3 heteroatoms. The van der Waals surface area contributed by atoms with Gasteiger partial charge in [-0.1, -0.05) is 61.5 Å². The molecule has 0 aromatic heterocycles. The van der Waals surface area contributed by atoms with Crippen molar-refractivity contribution in [1.29, 1.82) is 0 Å². The summed E-state index contributed by atoms with van der Waals surface area (Å²) in [5.41, 5.74) is 2.22. The molecule has 3 nitrogen and oxygen atoms in total. The first-order chi connectivity index (χ1) is 13.7. The van der Waals surface area contributed by atoms with Crippen LogP contribution in [0.5, 0.6) is 0 Å². The third kappa shape index (κ3) is 4.74. The van der Waals surface area contributed by atoms with Crippen LogP contribution in [-0.2, 0) is 12.0 Å². The molecule has 29 heavy (non-hydrogen) atoms. The SMILES string of the molecule is CC(CN1C[C@@H]2CC(O)(Cc3ccccc3)C[C@@H]2C1)c1ccc(C(C)(C)O)cc1. The molecule has 4 atom stereocenters. The fraction of sp³-hybridized carbons (Fsp3) is 0.538. The van der Waals surface area contributed by atoms with Gasteiger partial charge in [0.1, 0.15) is 0 Å². The monoisotopic (exact) mass is 393 g/mol. The van der Waals surface area contributed by atoms with Gasteiger partial charge in [-0.25, -0.2) is 0 Å². The summed E-state index contributed by atoms with van der Waals surface area (Å²) in [7, 11) is 0. The topological polar surface area (TPSA) is 43.7 Å². The zero-order valence-electron chi connectivity index (χ0n) is 18.0. The van der Waals surface area contributed by atoms with Gasteiger partial charge in [-0.3, -0.25) is 0 Å². The molecule has 2 N–H and O–H groups in total. The Balaban J connectivity index is 1.31. The number of rotatable bonds is 6. The smallest absolute Gasteiger partial charge is 0.0840 e. The summed E-state index contributed by atoms with van der Waals surface area (Å²) in [4.78, 5) is 2.59. The van der Waals surface area contributed by atoms with E-state index < -0.39 is 11.2 Å². The van der Waals surface area contributed by atoms with E-state index in [1.807, 2.05) is 32.0 Å². The zero-order valence-corrected chi connectivity index (χ0v) is 18.0. The van der Waals surface area contributed by atoms with Crippen LogP contribution in [0.2, 0.25) is 0 Å². The van der Waals surface area contributed by atoms with E-state index in [0.717, 1.165) is 44.5 Å². The van der Waals surface area contributed by atoms with Crippen LogP contribution in [0.1, 0.15) is 56.2 Å². The van der Waals surface area contributed by atoms with E-state index in [-0.39, 0.29) is 0 Å². The van der Waals surface area contributed by atoms with Gasteiger partial charge < -0.3 is 15.1 Å². The summed E-state index contributed by atoms with van der Waals surface area (Å²) in [6.45, 7) is 9.22. The second-order valence-electron chi connectivity index (χ2n) is 10.1. The van der Waals surface area contributed by atoms with E-state index >= 15 is 0 Å². The van der Waals surface area contributed by atoms with E-state index in [0.29, 0.717) is 17.8 Å². The average Bonchev–Trinajstić information content (AvgIpc) is 3.15. The van der Waals surface area contributed by atoms with Crippen molar-refractivity contribution in [2.45, 2.75) is 57.2 Å². The van der Waals surface area contributed by atoms with Crippen LogP contribution in [0.25, 0.3) is 0 Å². The van der Waals surface area contributed by atoms with E-state index in [4.69, 9.17) is 0 Å². The highest BCUT2D eigenvalue weighted by atomic mass is 16.3. The van der Waals surface area contributed by atoms with Crippen molar-refractivity contribution < 1.29 is 10.2 Å². The second kappa shape index (κ2) is 7.86. The van der Waals surface area contributed by atoms with Gasteiger partial charge >= 0.3 is 0 Å². The Kier molecular flexibility index (Phi) is 5.58. The maximum absolute atomic E-state index is 11.1. The van der Waals surface area contributed by atoms with Crippen LogP contribution in [0.3, 0.4) is 0 Å². The summed E-state index contributed by atoms with van der Waals surface area (Å²) in [6, 6.07) is 18.8. The first-order valence-electron chi connectivity index (χ1n) is 11.0. The Bertz CT molecular complexity index is 795. The lowest BCUT2D eigenvalue weighted by atomic mass is 9.91. The first kappa shape index (κ1) is 20.6. The van der Waals surface area contributed by atoms with Gasteiger partial charge in [0, 0.05) is 26.1 Å². The molecular formula is C26H35NO2. The second-order valence-corrected chi connectivity index (χ2v) is 10.1. The molecule has 1 saturated heterocycles. The quantitative estimate of drug-likeness (QED) is 0.768. The largest absolute Gasteiger partial charge is 0.390 e. The summed E-state index contributed by atoms with van der Waals surface area (Å²) < 4.78 is 0. The predicted molar refractivity (Wildman–Crippen MR) is 118 cm³/mol. The van der Waals surface area contributed by atoms with Crippen LogP contribution in [0, 0.1) is 11.8 Å². The van der Waals surface area contributed by atoms with Crippen molar-refractivity contribution >= 4 is 0 Å². The van der Waals surface area contributed by atoms with Gasteiger partial charge in [-0.2, -0.15) is 0 Å². The Morgan fingerprint density at radius 2 is 1.59 bits per heavy atom. The molecule has 0 amide bonds. The normalized spacial score (nSPS) is 28.4. The van der Waals surface area contributed by atoms with Gasteiger partial charge in [-0.15, -0.1) is 0 Å². The molecule has 2 fully saturated rings. The molecule has 4 rings (SSSR count). The third-order valence-corrected chi connectivity index (χ3v) is 7.03. The molecule has 2 unspecified atom stereocenters. The lowest BCUT2D eigenvalue weighted by Gasteiger charge is -2.27. The summed E-state index contributed by atoms with van der Waals surface area (Å²) in [6.07, 6.45) is 2.64. The highest BCUT2D eigenvalue weighted by Gasteiger charge is 2.48. The fourth-order valence-corrected chi connectivity index (χ4v) is 5.54. The van der Waals surface area contributed by atoms with Crippen molar-refractivity contribution in [1.82, 2.24) is 4.90 Å². The van der Waals surface area contributed by atoms with Gasteiger partial charge in [-0.05, 0) is 61.1 Å². The maximum Gasteiger partial charge on any atom is 0.0840 e. The Morgan fingerprint density at radius 3 is 2.14 bits per heavy atom. The maximum atomic E-state index is 11.1. The molecule has 2 aromatic rings. The van der Waals surface area contributed by atoms with Crippen molar-refractivity contribution in [2.75, 3.05) is 19.6 Å². The molecule has 1 saturated carbocycles. The van der Waals surface area contributed by atoms with Crippen LogP contribution in [0.4, 0.5) is 0 Å². The number of fused-ring (bicyclic) bond motifs is 1. The van der Waals surface area contributed by atoms with E-state index in [1.54, 1.807) is 0 Å². The van der Waals surface area contributed by atoms with E-state index in [9.17, 15) is 10.2 Å². The lowest BCUT2D eigenvalue weighted by Crippen LogP contribution is -2.33. The number of aliphatic hydroxyl groups is 2. The minimum absolute atomic E-state index is 0.466. The molecule has 0 bridgehead atoms. The fourth-order valence-electron chi connectivity index (χ4n) is 5.54. The van der Waals surface area contributed by atoms with E-state index in [2.05, 4.69) is 48.2 Å². The molecule has 1 aliphatic carbocycles. The van der Waals surface area contributed by atoms with Crippen molar-refractivity contribution in [3.63, 3.8) is 0 Å². The van der Waals surface area contributed by atoms with Crippen LogP contribution in [-0.4, -0.2) is 40.3 Å². The molecule has 0 radical (unpaired) electrons. The molecule has 156 valence electrons. The molecular weight excluding hydrogens is 358 g/mol. The highest BCUT2D eigenvalue weighted by Crippen LogP contribution is 2.45. The number of benzene rings is 2. The lowest BCUT2D eigenvalue weighted by molar-refractivity contribution is 0.0353. The predicted octanol–water partition coefficient (Wildman–Crippen LogP) is 4.33. The molecule has 1 heterocycles. The van der Waals surface area contributed by atoms with Gasteiger partial charge in [0.05, 0.1) is 11.2 Å². The van der Waals surface area contributed by atoms with Crippen LogP contribution in [0.15, 0.2) is 54.6 Å². The average molecular weight is 394 g/mol. The minimum Gasteiger partial charge on any atom is -0.390 e. The highest BCUT2D eigenvalue weighted by molar-refractivity contribution is 5.28. The number of hydrogen-bond donors (Lipinski definition) is 2. The van der Waals surface area contributed by atoms with Gasteiger partial charge in [0.2, 0.25) is 0 Å². The Morgan fingerprint density at radius 1 is 1.00 bits per heavy atom. The van der Waals surface area contributed by atoms with Crippen LogP contribution < -0.4 is 0 Å². The third-order valence-electron chi connectivity index (χ3n) is 7.03. The van der Waals surface area contributed by atoms with Gasteiger partial charge in [0.15, 0.2) is 0 Å². The Hall–Kier alpha value is -1.68. The molecule has 2 aromatic carbocycles. The molecule has 1 aliphatic heterocycles. The van der Waals surface area contributed by atoms with E-state index in [1.165, 1.54) is 11.1 Å². The van der Waals surface area contributed by atoms with Crippen molar-refractivity contribution in [3.05, 3.63) is 71.3 Å². The van der Waals surface area contributed by atoms with Gasteiger partial charge in [0.25, 0.3) is 0 Å².